The molecule has 39 heavy (non-hydrogen) atoms. The fraction of sp³-hybridized carbons (Fsp3) is 0.481. The maximum atomic E-state index is 10.4. The highest BCUT2D eigenvalue weighted by molar-refractivity contribution is 5.63. The lowest BCUT2D eigenvalue weighted by molar-refractivity contribution is -0.277. The first-order chi connectivity index (χ1) is 18.8. The molecular formula is C27H34O12. The van der Waals surface area contributed by atoms with Crippen molar-refractivity contribution in [1.29, 1.82) is 0 Å². The number of fused-ring (bicyclic) bond motifs is 1. The Morgan fingerprint density at radius 2 is 1.49 bits per heavy atom. The first-order valence-corrected chi connectivity index (χ1v) is 12.3. The molecule has 2 aliphatic heterocycles. The van der Waals surface area contributed by atoms with Gasteiger partial charge in [-0.15, -0.1) is 0 Å². The maximum absolute atomic E-state index is 10.4. The molecule has 0 unspecified atom stereocenters. The van der Waals surface area contributed by atoms with E-state index in [0.717, 1.165) is 11.1 Å². The van der Waals surface area contributed by atoms with Crippen LogP contribution in [0, 0.1) is 0 Å². The Labute approximate surface area is 225 Å². The highest BCUT2D eigenvalue weighted by atomic mass is 16.7. The van der Waals surface area contributed by atoms with Crippen LogP contribution in [0.15, 0.2) is 30.3 Å². The van der Waals surface area contributed by atoms with Crippen LogP contribution in [0.1, 0.15) is 28.7 Å². The molecular weight excluding hydrogens is 516 g/mol. The number of rotatable bonds is 10. The monoisotopic (exact) mass is 550 g/mol. The smallest absolute Gasteiger partial charge is 0.229 e. The molecule has 0 aromatic heterocycles. The lowest BCUT2D eigenvalue weighted by Gasteiger charge is -2.39. The normalized spacial score (nSPS) is 28.2. The van der Waals surface area contributed by atoms with E-state index in [-0.39, 0.29) is 30.5 Å². The summed E-state index contributed by atoms with van der Waals surface area (Å²) >= 11 is 0. The first-order valence-electron chi connectivity index (χ1n) is 12.3. The van der Waals surface area contributed by atoms with E-state index in [2.05, 4.69) is 0 Å². The van der Waals surface area contributed by atoms with E-state index in [1.165, 1.54) is 21.3 Å². The molecule has 1 fully saturated rings. The molecule has 12 heteroatoms. The van der Waals surface area contributed by atoms with Gasteiger partial charge in [-0.1, -0.05) is 12.2 Å². The molecule has 0 aliphatic carbocycles. The summed E-state index contributed by atoms with van der Waals surface area (Å²) < 4.78 is 34.2. The molecule has 0 bridgehead atoms. The number of methoxy groups -OCH3 is 3. The molecule has 1 saturated heterocycles. The van der Waals surface area contributed by atoms with Crippen molar-refractivity contribution in [3.05, 3.63) is 47.0 Å². The van der Waals surface area contributed by atoms with Crippen molar-refractivity contribution in [2.75, 3.05) is 41.2 Å². The summed E-state index contributed by atoms with van der Waals surface area (Å²) in [6.45, 7) is -0.984. The lowest BCUT2D eigenvalue weighted by Crippen LogP contribution is -2.60. The number of aliphatic hydroxyl groups excluding tert-OH is 6. The van der Waals surface area contributed by atoms with Crippen LogP contribution in [0.25, 0.3) is 6.08 Å². The van der Waals surface area contributed by atoms with Gasteiger partial charge < -0.3 is 59.1 Å². The Balaban J connectivity index is 1.70. The summed E-state index contributed by atoms with van der Waals surface area (Å²) in [5, 5.41) is 59.6. The Bertz CT molecular complexity index is 1140. The van der Waals surface area contributed by atoms with Crippen molar-refractivity contribution in [1.82, 2.24) is 0 Å². The van der Waals surface area contributed by atoms with E-state index in [4.69, 9.17) is 33.5 Å². The molecule has 12 nitrogen and oxygen atoms in total. The average Bonchev–Trinajstić information content (AvgIpc) is 3.34. The predicted molar refractivity (Wildman–Crippen MR) is 136 cm³/mol. The molecule has 2 aromatic carbocycles. The van der Waals surface area contributed by atoms with Gasteiger partial charge in [-0.2, -0.15) is 0 Å². The van der Waals surface area contributed by atoms with Crippen LogP contribution in [-0.4, -0.2) is 102 Å². The van der Waals surface area contributed by atoms with Crippen molar-refractivity contribution in [2.45, 2.75) is 42.7 Å². The Hall–Kier alpha value is -3.10. The van der Waals surface area contributed by atoms with Crippen molar-refractivity contribution < 1.29 is 59.1 Å². The second kappa shape index (κ2) is 12.4. The van der Waals surface area contributed by atoms with Gasteiger partial charge in [0, 0.05) is 11.1 Å². The number of hydrogen-bond acceptors (Lipinski definition) is 12. The molecule has 214 valence electrons. The summed E-state index contributed by atoms with van der Waals surface area (Å²) in [5.41, 5.74) is 2.06. The summed E-state index contributed by atoms with van der Waals surface area (Å²) in [5.74, 6) is 0.850. The molecule has 7 atom stereocenters. The van der Waals surface area contributed by atoms with Crippen LogP contribution in [0.4, 0.5) is 0 Å². The van der Waals surface area contributed by atoms with Crippen molar-refractivity contribution in [3.8, 4) is 28.7 Å². The molecule has 0 radical (unpaired) electrons. The molecule has 6 N–H and O–H groups in total. The first kappa shape index (κ1) is 28.9. The van der Waals surface area contributed by atoms with Crippen LogP contribution in [0.5, 0.6) is 28.7 Å². The van der Waals surface area contributed by atoms with Crippen LogP contribution >= 0.6 is 0 Å². The van der Waals surface area contributed by atoms with E-state index >= 15 is 0 Å². The third-order valence-corrected chi connectivity index (χ3v) is 6.84. The van der Waals surface area contributed by atoms with Gasteiger partial charge in [0.05, 0.1) is 47.1 Å². The molecule has 4 rings (SSSR count). The molecule has 2 aromatic rings. The summed E-state index contributed by atoms with van der Waals surface area (Å²) in [6, 6.07) is 6.87. The minimum Gasteiger partial charge on any atom is -0.493 e. The molecule has 0 spiro atoms. The molecule has 2 aliphatic rings. The van der Waals surface area contributed by atoms with Crippen LogP contribution in [-0.2, 0) is 4.74 Å². The van der Waals surface area contributed by atoms with Gasteiger partial charge in [0.1, 0.15) is 30.5 Å². The van der Waals surface area contributed by atoms with Crippen LogP contribution in [0.2, 0.25) is 0 Å². The SMILES string of the molecule is COc1cc([C@@H]2Oc3c(OC)cc(/C=C/CO)cc3[C@H]2CO)cc(OC)c1O[C@@H]1O[C@H](CO)[C@@H](O)[C@H](O)[C@H]1O. The van der Waals surface area contributed by atoms with Gasteiger partial charge in [0.2, 0.25) is 12.0 Å². The van der Waals surface area contributed by atoms with E-state index < -0.39 is 49.3 Å². The van der Waals surface area contributed by atoms with Gasteiger partial charge in [0.25, 0.3) is 0 Å². The van der Waals surface area contributed by atoms with E-state index in [9.17, 15) is 25.5 Å². The summed E-state index contributed by atoms with van der Waals surface area (Å²) in [6.07, 6.45) is -4.75. The van der Waals surface area contributed by atoms with E-state index in [1.807, 2.05) is 6.07 Å². The Morgan fingerprint density at radius 3 is 2.05 bits per heavy atom. The van der Waals surface area contributed by atoms with Crippen LogP contribution in [0.3, 0.4) is 0 Å². The van der Waals surface area contributed by atoms with Gasteiger partial charge in [0.15, 0.2) is 23.0 Å². The standard InChI is InChI=1S/C27H34O12/c1-34-17-8-13(5-4-6-28)7-15-16(11-29)24(38-25(15)17)14-9-18(35-2)26(19(10-14)36-3)39-27-23(33)22(32)21(31)20(12-30)37-27/h4-5,7-10,16,20-24,27-33H,6,11-12H2,1-3H3/b5-4+/t16-,20-,21-,22+,23-,24+,27+/m1/s1. The number of benzene rings is 2. The zero-order valence-electron chi connectivity index (χ0n) is 21.8. The summed E-state index contributed by atoms with van der Waals surface area (Å²) in [7, 11) is 4.31. The maximum Gasteiger partial charge on any atom is 0.229 e. The van der Waals surface area contributed by atoms with E-state index in [0.29, 0.717) is 17.1 Å². The van der Waals surface area contributed by atoms with Gasteiger partial charge in [-0.05, 0) is 29.8 Å². The highest BCUT2D eigenvalue weighted by Crippen LogP contribution is 2.53. The number of aliphatic hydroxyl groups is 6. The Kier molecular flexibility index (Phi) is 9.18. The van der Waals surface area contributed by atoms with E-state index in [1.54, 1.807) is 30.4 Å². The highest BCUT2D eigenvalue weighted by Gasteiger charge is 2.45. The second-order valence-electron chi connectivity index (χ2n) is 9.12. The van der Waals surface area contributed by atoms with Crippen molar-refractivity contribution in [2.24, 2.45) is 0 Å². The average molecular weight is 551 g/mol. The quantitative estimate of drug-likeness (QED) is 0.236. The summed E-state index contributed by atoms with van der Waals surface area (Å²) in [4.78, 5) is 0. The minimum absolute atomic E-state index is 0.0400. The van der Waals surface area contributed by atoms with Crippen LogP contribution < -0.4 is 23.7 Å². The topological polar surface area (TPSA) is 177 Å². The second-order valence-corrected chi connectivity index (χ2v) is 9.12. The van der Waals surface area contributed by atoms with Gasteiger partial charge in [-0.3, -0.25) is 0 Å². The van der Waals surface area contributed by atoms with Crippen molar-refractivity contribution in [3.63, 3.8) is 0 Å². The molecule has 0 amide bonds. The number of hydrogen-bond donors (Lipinski definition) is 6. The molecule has 0 saturated carbocycles. The fourth-order valence-corrected chi connectivity index (χ4v) is 4.81. The zero-order chi connectivity index (χ0) is 28.3. The zero-order valence-corrected chi connectivity index (χ0v) is 21.8. The largest absolute Gasteiger partial charge is 0.493 e. The van der Waals surface area contributed by atoms with Gasteiger partial charge in [-0.25, -0.2) is 0 Å². The fourth-order valence-electron chi connectivity index (χ4n) is 4.81. The number of ether oxygens (including phenoxy) is 6. The molecule has 2 heterocycles. The Morgan fingerprint density at radius 1 is 0.821 bits per heavy atom. The lowest BCUT2D eigenvalue weighted by atomic mass is 9.90. The third-order valence-electron chi connectivity index (χ3n) is 6.84. The third kappa shape index (κ3) is 5.50. The predicted octanol–water partition coefficient (Wildman–Crippen LogP) is 0.106. The minimum atomic E-state index is -1.63. The van der Waals surface area contributed by atoms with Crippen molar-refractivity contribution >= 4 is 6.08 Å². The van der Waals surface area contributed by atoms with Gasteiger partial charge >= 0.3 is 0 Å².